The van der Waals surface area contributed by atoms with Crippen molar-refractivity contribution in [3.63, 3.8) is 0 Å². The molecule has 28 heavy (non-hydrogen) atoms. The summed E-state index contributed by atoms with van der Waals surface area (Å²) in [7, 11) is 0. The second kappa shape index (κ2) is 7.56. The number of benzene rings is 3. The van der Waals surface area contributed by atoms with Gasteiger partial charge in [0, 0.05) is 16.8 Å². The summed E-state index contributed by atoms with van der Waals surface area (Å²) in [5.74, 6) is 0.257. The van der Waals surface area contributed by atoms with Crippen LogP contribution in [0.5, 0.6) is 11.5 Å². The second-order valence-corrected chi connectivity index (χ2v) is 6.36. The molecule has 0 amide bonds. The van der Waals surface area contributed by atoms with Crippen LogP contribution in [0.4, 0.5) is 0 Å². The molecule has 0 saturated heterocycles. The lowest BCUT2D eigenvalue weighted by molar-refractivity contribution is 0.0733. The van der Waals surface area contributed by atoms with E-state index in [1.54, 1.807) is 30.3 Å². The summed E-state index contributed by atoms with van der Waals surface area (Å²) in [6.07, 6.45) is 0.876. The van der Waals surface area contributed by atoms with E-state index in [0.29, 0.717) is 29.1 Å². The molecule has 0 aliphatic heterocycles. The van der Waals surface area contributed by atoms with Crippen LogP contribution < -0.4 is 15.1 Å². The number of carbonyl (C=O) groups excluding carboxylic acids is 1. The maximum absolute atomic E-state index is 12.6. The molecule has 0 aliphatic carbocycles. The number of fused-ring (bicyclic) bond motifs is 2. The monoisotopic (exact) mass is 374 g/mol. The van der Waals surface area contributed by atoms with E-state index in [0.717, 1.165) is 17.2 Å². The predicted molar refractivity (Wildman–Crippen MR) is 107 cm³/mol. The molecular weight excluding hydrogens is 356 g/mol. The van der Waals surface area contributed by atoms with Crippen molar-refractivity contribution in [1.29, 1.82) is 0 Å². The highest BCUT2D eigenvalue weighted by Crippen LogP contribution is 2.26. The molecule has 140 valence electrons. The molecule has 3 aromatic carbocycles. The van der Waals surface area contributed by atoms with Crippen LogP contribution in [0.15, 0.2) is 75.9 Å². The van der Waals surface area contributed by atoms with Gasteiger partial charge in [0.1, 0.15) is 22.6 Å². The number of hydrogen-bond acceptors (Lipinski definition) is 5. The van der Waals surface area contributed by atoms with Crippen molar-refractivity contribution in [3.05, 3.63) is 82.7 Å². The fourth-order valence-electron chi connectivity index (χ4n) is 2.98. The Labute approximate surface area is 161 Å². The molecule has 5 heteroatoms. The van der Waals surface area contributed by atoms with Crippen LogP contribution in [-0.2, 0) is 0 Å². The Hall–Kier alpha value is -3.60. The third-order valence-corrected chi connectivity index (χ3v) is 4.35. The van der Waals surface area contributed by atoms with E-state index in [1.807, 2.05) is 37.3 Å². The lowest BCUT2D eigenvalue weighted by Gasteiger charge is -2.08. The molecule has 5 nitrogen and oxygen atoms in total. The molecule has 0 radical (unpaired) electrons. The van der Waals surface area contributed by atoms with E-state index >= 15 is 0 Å². The van der Waals surface area contributed by atoms with E-state index in [4.69, 9.17) is 13.9 Å². The Morgan fingerprint density at radius 2 is 1.79 bits per heavy atom. The summed E-state index contributed by atoms with van der Waals surface area (Å²) >= 11 is 0. The lowest BCUT2D eigenvalue weighted by Crippen LogP contribution is -2.18. The number of carbonyl (C=O) groups is 1. The van der Waals surface area contributed by atoms with Gasteiger partial charge in [-0.05, 0) is 36.1 Å². The van der Waals surface area contributed by atoms with Crippen LogP contribution >= 0.6 is 0 Å². The summed E-state index contributed by atoms with van der Waals surface area (Å²) in [5, 5.41) is 2.35. The molecule has 0 N–H and O–H groups in total. The van der Waals surface area contributed by atoms with Gasteiger partial charge in [0.15, 0.2) is 0 Å². The molecule has 0 unspecified atom stereocenters. The molecule has 0 fully saturated rings. The zero-order chi connectivity index (χ0) is 19.5. The first kappa shape index (κ1) is 17.8. The largest absolute Gasteiger partial charge is 0.493 e. The van der Waals surface area contributed by atoms with Gasteiger partial charge >= 0.3 is 11.6 Å². The van der Waals surface area contributed by atoms with Crippen molar-refractivity contribution in [1.82, 2.24) is 0 Å². The van der Waals surface area contributed by atoms with E-state index < -0.39 is 11.6 Å². The number of rotatable bonds is 5. The van der Waals surface area contributed by atoms with Crippen LogP contribution in [0.25, 0.3) is 21.7 Å². The Kier molecular flexibility index (Phi) is 4.81. The highest BCUT2D eigenvalue weighted by molar-refractivity contribution is 5.97. The Balaban J connectivity index is 1.67. The first-order valence-corrected chi connectivity index (χ1v) is 9.06. The molecule has 0 saturated carbocycles. The van der Waals surface area contributed by atoms with Gasteiger partial charge in [-0.1, -0.05) is 43.3 Å². The minimum Gasteiger partial charge on any atom is -0.493 e. The van der Waals surface area contributed by atoms with E-state index in [9.17, 15) is 9.59 Å². The van der Waals surface area contributed by atoms with Crippen LogP contribution in [0.3, 0.4) is 0 Å². The minimum absolute atomic E-state index is 0.150. The van der Waals surface area contributed by atoms with Gasteiger partial charge in [0.25, 0.3) is 0 Å². The van der Waals surface area contributed by atoms with Crippen molar-refractivity contribution in [2.24, 2.45) is 0 Å². The quantitative estimate of drug-likeness (QED) is 0.281. The molecule has 1 heterocycles. The van der Waals surface area contributed by atoms with Gasteiger partial charge in [0.05, 0.1) is 6.61 Å². The van der Waals surface area contributed by atoms with E-state index in [1.165, 1.54) is 6.07 Å². The topological polar surface area (TPSA) is 65.7 Å². The van der Waals surface area contributed by atoms with Crippen LogP contribution in [-0.4, -0.2) is 12.6 Å². The maximum atomic E-state index is 12.6. The van der Waals surface area contributed by atoms with Gasteiger partial charge in [-0.15, -0.1) is 0 Å². The summed E-state index contributed by atoms with van der Waals surface area (Å²) in [4.78, 5) is 25.0. The lowest BCUT2D eigenvalue weighted by atomic mass is 10.1. The van der Waals surface area contributed by atoms with Crippen molar-refractivity contribution >= 4 is 27.7 Å². The van der Waals surface area contributed by atoms with Gasteiger partial charge in [0.2, 0.25) is 0 Å². The van der Waals surface area contributed by atoms with Crippen LogP contribution in [0.2, 0.25) is 0 Å². The Morgan fingerprint density at radius 1 is 0.964 bits per heavy atom. The zero-order valence-electron chi connectivity index (χ0n) is 15.3. The Bertz CT molecular complexity index is 1220. The van der Waals surface area contributed by atoms with Gasteiger partial charge in [-0.2, -0.15) is 0 Å². The predicted octanol–water partition coefficient (Wildman–Crippen LogP) is 4.95. The number of ether oxygens (including phenoxy) is 2. The van der Waals surface area contributed by atoms with Crippen molar-refractivity contribution in [2.75, 3.05) is 6.61 Å². The Morgan fingerprint density at radius 3 is 2.64 bits per heavy atom. The molecule has 0 atom stereocenters. The number of hydrogen-bond donors (Lipinski definition) is 0. The normalized spacial score (nSPS) is 10.9. The first-order chi connectivity index (χ1) is 13.7. The van der Waals surface area contributed by atoms with Gasteiger partial charge < -0.3 is 13.9 Å². The minimum atomic E-state index is -0.752. The molecular formula is C23H18O5. The van der Waals surface area contributed by atoms with Crippen molar-refractivity contribution in [3.8, 4) is 11.5 Å². The van der Waals surface area contributed by atoms with E-state index in [2.05, 4.69) is 0 Å². The molecule has 1 aromatic heterocycles. The smallest absolute Gasteiger partial charge is 0.351 e. The fraction of sp³-hybridized carbons (Fsp3) is 0.130. The van der Waals surface area contributed by atoms with Gasteiger partial charge in [-0.25, -0.2) is 9.59 Å². The summed E-state index contributed by atoms with van der Waals surface area (Å²) in [6, 6.07) is 19.6. The third-order valence-electron chi connectivity index (χ3n) is 4.35. The van der Waals surface area contributed by atoms with E-state index in [-0.39, 0.29) is 5.56 Å². The highest BCUT2D eigenvalue weighted by Gasteiger charge is 2.17. The first-order valence-electron chi connectivity index (χ1n) is 9.06. The summed E-state index contributed by atoms with van der Waals surface area (Å²) < 4.78 is 16.4. The summed E-state index contributed by atoms with van der Waals surface area (Å²) in [5.41, 5.74) is -0.534. The number of esters is 1. The molecule has 0 aliphatic rings. The third kappa shape index (κ3) is 3.47. The molecule has 4 aromatic rings. The molecule has 4 rings (SSSR count). The fourth-order valence-corrected chi connectivity index (χ4v) is 2.98. The van der Waals surface area contributed by atoms with Crippen molar-refractivity contribution in [2.45, 2.75) is 13.3 Å². The average molecular weight is 374 g/mol. The molecule has 0 bridgehead atoms. The molecule has 0 spiro atoms. The maximum Gasteiger partial charge on any atom is 0.351 e. The second-order valence-electron chi connectivity index (χ2n) is 6.36. The SMILES string of the molecule is CCCOc1ccc2cc(C(=O)Oc3cccc4ccccc34)c(=O)oc2c1. The van der Waals surface area contributed by atoms with Crippen molar-refractivity contribution < 1.29 is 18.7 Å². The van der Waals surface area contributed by atoms with Crippen LogP contribution in [0, 0.1) is 0 Å². The summed E-state index contributed by atoms with van der Waals surface area (Å²) in [6.45, 7) is 2.58. The average Bonchev–Trinajstić information content (AvgIpc) is 2.71. The zero-order valence-corrected chi connectivity index (χ0v) is 15.3. The highest BCUT2D eigenvalue weighted by atomic mass is 16.5. The van der Waals surface area contributed by atoms with Crippen LogP contribution in [0.1, 0.15) is 23.7 Å². The van der Waals surface area contributed by atoms with Gasteiger partial charge in [-0.3, -0.25) is 0 Å². The standard InChI is InChI=1S/C23H18O5/c1-2-12-26-17-11-10-16-13-19(23(25)28-21(16)14-17)22(24)27-20-9-5-7-15-6-3-4-8-18(15)20/h3-11,13-14H,2,12H2,1H3.